The fraction of sp³-hybridized carbons (Fsp3) is 0. The van der Waals surface area contributed by atoms with Crippen molar-refractivity contribution in [2.75, 3.05) is 0 Å². The highest BCUT2D eigenvalue weighted by atomic mass is 16.3. The zero-order valence-corrected chi connectivity index (χ0v) is 36.6. The molecule has 0 unspecified atom stereocenters. The van der Waals surface area contributed by atoms with Gasteiger partial charge in [-0.2, -0.15) is 0 Å². The maximum Gasteiger partial charge on any atom is 0.165 e. The summed E-state index contributed by atoms with van der Waals surface area (Å²) >= 11 is 0. The number of fused-ring (bicyclic) bond motifs is 10. The Bertz CT molecular complexity index is 4310. The van der Waals surface area contributed by atoms with Gasteiger partial charge < -0.3 is 8.98 Å². The van der Waals surface area contributed by atoms with Crippen LogP contribution in [0.4, 0.5) is 0 Å². The van der Waals surface area contributed by atoms with Gasteiger partial charge in [0.15, 0.2) is 17.5 Å². The van der Waals surface area contributed by atoms with Crippen molar-refractivity contribution in [3.63, 3.8) is 0 Å². The average molecular weight is 867 g/mol. The minimum absolute atomic E-state index is 0.570. The molecule has 0 radical (unpaired) electrons. The molecule has 5 heteroatoms. The van der Waals surface area contributed by atoms with E-state index in [2.05, 4.69) is 193 Å². The van der Waals surface area contributed by atoms with Crippen molar-refractivity contribution in [2.45, 2.75) is 0 Å². The van der Waals surface area contributed by atoms with Crippen LogP contribution in [0.1, 0.15) is 0 Å². The van der Waals surface area contributed by atoms with E-state index in [9.17, 15) is 0 Å². The van der Waals surface area contributed by atoms with Gasteiger partial charge in [-0.3, -0.25) is 0 Å². The second-order valence-electron chi connectivity index (χ2n) is 17.4. The van der Waals surface area contributed by atoms with Crippen molar-refractivity contribution >= 4 is 76.1 Å². The molecule has 0 spiro atoms. The van der Waals surface area contributed by atoms with Crippen molar-refractivity contribution in [3.8, 4) is 62.1 Å². The lowest BCUT2D eigenvalue weighted by Gasteiger charge is -2.25. The zero-order valence-electron chi connectivity index (χ0n) is 36.6. The van der Waals surface area contributed by atoms with Crippen LogP contribution in [0.2, 0.25) is 0 Å². The van der Waals surface area contributed by atoms with Gasteiger partial charge in [0.05, 0.1) is 16.7 Å². The van der Waals surface area contributed by atoms with Crippen molar-refractivity contribution in [3.05, 3.63) is 231 Å². The Morgan fingerprint density at radius 3 is 1.63 bits per heavy atom. The minimum Gasteiger partial charge on any atom is -0.456 e. The van der Waals surface area contributed by atoms with Crippen molar-refractivity contribution < 1.29 is 4.42 Å². The summed E-state index contributed by atoms with van der Waals surface area (Å²) in [7, 11) is 0. The number of benzene rings is 11. The molecule has 0 amide bonds. The topological polar surface area (TPSA) is 56.7 Å². The number of furan rings is 1. The van der Waals surface area contributed by atoms with Crippen LogP contribution < -0.4 is 0 Å². The SMILES string of the molecule is c1ccc(-c2nc(-c3c(-c4ccccc4)c(-c4ccccc4)c(-n4c5cc6ccccc6cc5c5ccc6ccccc6c54)c4ccccc34)nc(-c3cccc4oc5ccccc5c34)n2)cc1. The Kier molecular flexibility index (Phi) is 8.52. The maximum absolute atomic E-state index is 6.43. The highest BCUT2D eigenvalue weighted by Crippen LogP contribution is 2.51. The molecule has 5 nitrogen and oxygen atoms in total. The lowest BCUT2D eigenvalue weighted by Crippen LogP contribution is -2.06. The Morgan fingerprint density at radius 2 is 0.882 bits per heavy atom. The number of nitrogens with zero attached hydrogens (tertiary/aromatic N) is 4. The third kappa shape index (κ3) is 5.86. The molecule has 3 aromatic heterocycles. The molecule has 0 N–H and O–H groups in total. The van der Waals surface area contributed by atoms with Gasteiger partial charge in [-0.25, -0.2) is 15.0 Å². The zero-order chi connectivity index (χ0) is 44.7. The molecular formula is C63H38N4O. The molecule has 68 heavy (non-hydrogen) atoms. The van der Waals surface area contributed by atoms with E-state index in [-0.39, 0.29) is 0 Å². The third-order valence-corrected chi connectivity index (χ3v) is 13.6. The fourth-order valence-electron chi connectivity index (χ4n) is 10.6. The number of hydrogen-bond donors (Lipinski definition) is 0. The predicted octanol–water partition coefficient (Wildman–Crippen LogP) is 16.7. The number of hydrogen-bond acceptors (Lipinski definition) is 4. The van der Waals surface area contributed by atoms with E-state index in [1.165, 1.54) is 32.3 Å². The van der Waals surface area contributed by atoms with E-state index in [4.69, 9.17) is 19.4 Å². The van der Waals surface area contributed by atoms with Crippen molar-refractivity contribution in [1.29, 1.82) is 0 Å². The van der Waals surface area contributed by atoms with Crippen LogP contribution in [0.15, 0.2) is 235 Å². The van der Waals surface area contributed by atoms with Crippen LogP contribution >= 0.6 is 0 Å². The summed E-state index contributed by atoms with van der Waals surface area (Å²) in [5.41, 5.74) is 11.9. The summed E-state index contributed by atoms with van der Waals surface area (Å²) in [4.78, 5) is 16.4. The van der Waals surface area contributed by atoms with Gasteiger partial charge in [0.1, 0.15) is 11.2 Å². The standard InChI is InChI=1S/C63H38N4O/c1-4-20-40(21-5-1)55-56(41-22-6-2-7-23-41)60(67-52-38-44-27-11-10-26-43(44)37-51(52)48-36-35-39-19-12-13-28-45(39)59(48)67)47-30-15-14-29-46(47)58(55)63-65-61(42-24-8-3-9-25-42)64-62(66-63)50-32-18-34-54-57(50)49-31-16-17-33-53(49)68-54/h1-38H. The first-order valence-corrected chi connectivity index (χ1v) is 23.0. The normalized spacial score (nSPS) is 11.8. The molecule has 0 saturated heterocycles. The summed E-state index contributed by atoms with van der Waals surface area (Å²) in [5, 5.41) is 11.3. The Labute approximate surface area is 390 Å². The van der Waals surface area contributed by atoms with Gasteiger partial charge in [-0.05, 0) is 56.9 Å². The molecule has 316 valence electrons. The first-order chi connectivity index (χ1) is 33.7. The van der Waals surface area contributed by atoms with Gasteiger partial charge in [0, 0.05) is 60.1 Å². The average Bonchev–Trinajstić information content (AvgIpc) is 3.95. The molecule has 0 aliphatic carbocycles. The highest BCUT2D eigenvalue weighted by molar-refractivity contribution is 6.24. The molecule has 0 fully saturated rings. The Hall–Kier alpha value is -9.19. The number of rotatable bonds is 6. The predicted molar refractivity (Wildman–Crippen MR) is 281 cm³/mol. The molecule has 0 saturated carbocycles. The van der Waals surface area contributed by atoms with Crippen LogP contribution in [0.3, 0.4) is 0 Å². The summed E-state index contributed by atoms with van der Waals surface area (Å²) in [6.45, 7) is 0. The van der Waals surface area contributed by atoms with Crippen LogP contribution in [-0.2, 0) is 0 Å². The highest BCUT2D eigenvalue weighted by Gasteiger charge is 2.29. The molecular weight excluding hydrogens is 829 g/mol. The molecule has 11 aromatic carbocycles. The second kappa shape index (κ2) is 15.2. The van der Waals surface area contributed by atoms with E-state index in [1.807, 2.05) is 42.5 Å². The van der Waals surface area contributed by atoms with E-state index in [0.29, 0.717) is 17.5 Å². The first kappa shape index (κ1) is 38.1. The monoisotopic (exact) mass is 866 g/mol. The summed E-state index contributed by atoms with van der Waals surface area (Å²) < 4.78 is 8.99. The van der Waals surface area contributed by atoms with Crippen LogP contribution in [0.5, 0.6) is 0 Å². The number of aromatic nitrogens is 4. The Balaban J connectivity index is 1.19. The van der Waals surface area contributed by atoms with E-state index in [0.717, 1.165) is 88.4 Å². The van der Waals surface area contributed by atoms with Gasteiger partial charge >= 0.3 is 0 Å². The van der Waals surface area contributed by atoms with Gasteiger partial charge in [-0.1, -0.05) is 206 Å². The molecule has 3 heterocycles. The molecule has 14 rings (SSSR count). The minimum atomic E-state index is 0.570. The van der Waals surface area contributed by atoms with E-state index >= 15 is 0 Å². The molecule has 14 aromatic rings. The van der Waals surface area contributed by atoms with E-state index < -0.39 is 0 Å². The van der Waals surface area contributed by atoms with Crippen LogP contribution in [-0.4, -0.2) is 19.5 Å². The van der Waals surface area contributed by atoms with Gasteiger partial charge in [-0.15, -0.1) is 0 Å². The smallest absolute Gasteiger partial charge is 0.165 e. The second-order valence-corrected chi connectivity index (χ2v) is 17.4. The molecule has 0 aliphatic heterocycles. The van der Waals surface area contributed by atoms with Gasteiger partial charge in [0.2, 0.25) is 0 Å². The number of para-hydroxylation sites is 1. The Morgan fingerprint density at radius 1 is 0.324 bits per heavy atom. The molecule has 0 aliphatic rings. The van der Waals surface area contributed by atoms with Crippen LogP contribution in [0.25, 0.3) is 138 Å². The fourth-order valence-corrected chi connectivity index (χ4v) is 10.6. The maximum atomic E-state index is 6.43. The summed E-state index contributed by atoms with van der Waals surface area (Å²) in [6, 6.07) is 81.8. The van der Waals surface area contributed by atoms with E-state index in [1.54, 1.807) is 0 Å². The molecule has 0 bridgehead atoms. The van der Waals surface area contributed by atoms with Gasteiger partial charge in [0.25, 0.3) is 0 Å². The third-order valence-electron chi connectivity index (χ3n) is 13.6. The lowest BCUT2D eigenvalue weighted by molar-refractivity contribution is 0.669. The summed E-state index contributed by atoms with van der Waals surface area (Å²) in [6.07, 6.45) is 0. The largest absolute Gasteiger partial charge is 0.456 e. The van der Waals surface area contributed by atoms with Crippen molar-refractivity contribution in [1.82, 2.24) is 19.5 Å². The summed E-state index contributed by atoms with van der Waals surface area (Å²) in [5.74, 6) is 1.74. The first-order valence-electron chi connectivity index (χ1n) is 23.0. The quantitative estimate of drug-likeness (QED) is 0.167. The molecule has 0 atom stereocenters. The van der Waals surface area contributed by atoms with Crippen molar-refractivity contribution in [2.24, 2.45) is 0 Å². The lowest BCUT2D eigenvalue weighted by atomic mass is 9.84. The van der Waals surface area contributed by atoms with Crippen LogP contribution in [0, 0.1) is 0 Å².